The third kappa shape index (κ3) is 7.15. The third-order valence-electron chi connectivity index (χ3n) is 8.55. The van der Waals surface area contributed by atoms with Crippen LogP contribution in [0.4, 0.5) is 20.6 Å². The summed E-state index contributed by atoms with van der Waals surface area (Å²) in [6.07, 6.45) is 1.87. The largest absolute Gasteiger partial charge is 0.368 e. The van der Waals surface area contributed by atoms with Gasteiger partial charge >= 0.3 is 6.03 Å². The Bertz CT molecular complexity index is 1730. The zero-order valence-corrected chi connectivity index (χ0v) is 27.0. The summed E-state index contributed by atoms with van der Waals surface area (Å²) >= 11 is 0. The number of nitrogens with one attached hydrogen (secondary N) is 4. The molecule has 0 spiro atoms. The smallest absolute Gasteiger partial charge is 0.318 e. The molecular formula is C35H42FN7O3. The number of aryl methyl sites for hydroxylation is 1. The number of fused-ring (bicyclic) bond motifs is 1. The van der Waals surface area contributed by atoms with Crippen molar-refractivity contribution in [2.45, 2.75) is 32.4 Å². The van der Waals surface area contributed by atoms with Gasteiger partial charge < -0.3 is 35.6 Å². The Morgan fingerprint density at radius 1 is 1.00 bits per heavy atom. The predicted octanol–water partition coefficient (Wildman–Crippen LogP) is 4.68. The van der Waals surface area contributed by atoms with E-state index in [9.17, 15) is 18.8 Å². The molecule has 1 aliphatic heterocycles. The van der Waals surface area contributed by atoms with E-state index in [1.54, 1.807) is 30.1 Å². The molecule has 3 aromatic carbocycles. The van der Waals surface area contributed by atoms with Crippen molar-refractivity contribution in [2.24, 2.45) is 0 Å². The van der Waals surface area contributed by atoms with Crippen LogP contribution in [-0.2, 0) is 11.3 Å². The van der Waals surface area contributed by atoms with Crippen LogP contribution in [-0.4, -0.2) is 86.0 Å². The molecule has 4 amide bonds. The van der Waals surface area contributed by atoms with Crippen LogP contribution in [0.1, 0.15) is 39.9 Å². The second kappa shape index (κ2) is 14.0. The van der Waals surface area contributed by atoms with Crippen molar-refractivity contribution >= 4 is 40.1 Å². The van der Waals surface area contributed by atoms with Crippen molar-refractivity contribution in [3.63, 3.8) is 0 Å². The number of para-hydroxylation sites is 1. The Hall–Kier alpha value is -4.90. The molecule has 242 valence electrons. The number of aromatic amines is 1. The summed E-state index contributed by atoms with van der Waals surface area (Å²) in [6, 6.07) is 16.6. The van der Waals surface area contributed by atoms with Gasteiger partial charge in [-0.05, 0) is 74.1 Å². The van der Waals surface area contributed by atoms with Crippen molar-refractivity contribution in [1.82, 2.24) is 25.4 Å². The molecule has 10 nitrogen and oxygen atoms in total. The van der Waals surface area contributed by atoms with E-state index in [0.717, 1.165) is 33.3 Å². The topological polar surface area (TPSA) is 113 Å². The van der Waals surface area contributed by atoms with Gasteiger partial charge in [-0.25, -0.2) is 9.18 Å². The Morgan fingerprint density at radius 2 is 1.74 bits per heavy atom. The first-order valence-electron chi connectivity index (χ1n) is 15.5. The molecule has 0 bridgehead atoms. The molecule has 2 atom stereocenters. The van der Waals surface area contributed by atoms with Crippen LogP contribution in [0.2, 0.25) is 0 Å². The number of benzene rings is 3. The molecule has 0 aliphatic carbocycles. The first-order valence-corrected chi connectivity index (χ1v) is 15.5. The third-order valence-corrected chi connectivity index (χ3v) is 8.55. The van der Waals surface area contributed by atoms with Gasteiger partial charge in [-0.3, -0.25) is 9.59 Å². The molecule has 2 heterocycles. The highest BCUT2D eigenvalue weighted by atomic mass is 19.1. The van der Waals surface area contributed by atoms with Crippen LogP contribution in [0.5, 0.6) is 0 Å². The maximum Gasteiger partial charge on any atom is 0.318 e. The van der Waals surface area contributed by atoms with Crippen LogP contribution in [0, 0.1) is 12.7 Å². The number of anilines is 2. The lowest BCUT2D eigenvalue weighted by Gasteiger charge is -2.37. The van der Waals surface area contributed by atoms with E-state index in [-0.39, 0.29) is 17.8 Å². The number of amides is 4. The zero-order valence-electron chi connectivity index (χ0n) is 27.0. The number of aromatic nitrogens is 1. The van der Waals surface area contributed by atoms with E-state index in [1.807, 2.05) is 69.4 Å². The zero-order chi connectivity index (χ0) is 33.0. The number of hydrogen-bond acceptors (Lipinski definition) is 5. The molecule has 5 rings (SSSR count). The SMILES string of the molecule is CNC(=O)c1ccc(CN(C)C)cc1NC(=O)[C@H](NC(=O)N1CCN(c2ccc(F)cc2C)CC1)[C@@H](C)c1c[nH]c2ccccc12. The molecule has 1 fully saturated rings. The fourth-order valence-corrected chi connectivity index (χ4v) is 6.12. The van der Waals surface area contributed by atoms with Crippen molar-refractivity contribution in [3.8, 4) is 0 Å². The summed E-state index contributed by atoms with van der Waals surface area (Å²) in [6.45, 7) is 6.42. The number of carbonyl (C=O) groups is 3. The van der Waals surface area contributed by atoms with E-state index in [0.29, 0.717) is 44.0 Å². The van der Waals surface area contributed by atoms with Crippen LogP contribution < -0.4 is 20.9 Å². The summed E-state index contributed by atoms with van der Waals surface area (Å²) in [4.78, 5) is 49.8. The molecule has 46 heavy (non-hydrogen) atoms. The minimum atomic E-state index is -0.959. The van der Waals surface area contributed by atoms with Gasteiger partial charge in [0.25, 0.3) is 5.91 Å². The van der Waals surface area contributed by atoms with Gasteiger partial charge in [0, 0.05) is 68.5 Å². The quantitative estimate of drug-likeness (QED) is 0.215. The average Bonchev–Trinajstić information content (AvgIpc) is 3.47. The number of H-pyrrole nitrogens is 1. The lowest BCUT2D eigenvalue weighted by Crippen LogP contribution is -2.56. The highest BCUT2D eigenvalue weighted by molar-refractivity contribution is 6.06. The van der Waals surface area contributed by atoms with Crippen LogP contribution in [0.15, 0.2) is 66.9 Å². The molecule has 4 N–H and O–H groups in total. The molecule has 0 saturated carbocycles. The van der Waals surface area contributed by atoms with E-state index in [2.05, 4.69) is 25.8 Å². The van der Waals surface area contributed by atoms with Gasteiger partial charge in [0.15, 0.2) is 0 Å². The Kier molecular flexibility index (Phi) is 9.91. The molecule has 4 aromatic rings. The van der Waals surface area contributed by atoms with Crippen molar-refractivity contribution in [1.29, 1.82) is 0 Å². The second-order valence-electron chi connectivity index (χ2n) is 12.1. The van der Waals surface area contributed by atoms with Crippen molar-refractivity contribution in [3.05, 3.63) is 94.9 Å². The highest BCUT2D eigenvalue weighted by Gasteiger charge is 2.33. The Labute approximate surface area is 268 Å². The number of hydrogen-bond donors (Lipinski definition) is 4. The van der Waals surface area contributed by atoms with Gasteiger partial charge in [-0.2, -0.15) is 0 Å². The molecule has 1 saturated heterocycles. The van der Waals surface area contributed by atoms with Gasteiger partial charge in [0.1, 0.15) is 11.9 Å². The average molecular weight is 628 g/mol. The maximum absolute atomic E-state index is 14.2. The van der Waals surface area contributed by atoms with Crippen molar-refractivity contribution in [2.75, 3.05) is 57.5 Å². The van der Waals surface area contributed by atoms with Gasteiger partial charge in [0.2, 0.25) is 5.91 Å². The fraction of sp³-hybridized carbons (Fsp3) is 0.343. The van der Waals surface area contributed by atoms with Gasteiger partial charge in [-0.1, -0.05) is 31.2 Å². The lowest BCUT2D eigenvalue weighted by atomic mass is 9.92. The minimum absolute atomic E-state index is 0.278. The van der Waals surface area contributed by atoms with E-state index >= 15 is 0 Å². The molecule has 11 heteroatoms. The maximum atomic E-state index is 14.2. The number of urea groups is 1. The number of piperazine rings is 1. The summed E-state index contributed by atoms with van der Waals surface area (Å²) < 4.78 is 13.7. The summed E-state index contributed by atoms with van der Waals surface area (Å²) in [5.41, 5.74) is 5.23. The molecule has 0 unspecified atom stereocenters. The normalized spacial score (nSPS) is 14.7. The molecule has 1 aromatic heterocycles. The Morgan fingerprint density at radius 3 is 2.43 bits per heavy atom. The second-order valence-corrected chi connectivity index (χ2v) is 12.1. The van der Waals surface area contributed by atoms with Crippen LogP contribution in [0.25, 0.3) is 10.9 Å². The van der Waals surface area contributed by atoms with Gasteiger partial charge in [0.05, 0.1) is 11.3 Å². The first-order chi connectivity index (χ1) is 22.0. The predicted molar refractivity (Wildman–Crippen MR) is 180 cm³/mol. The number of carbonyl (C=O) groups excluding carboxylic acids is 3. The lowest BCUT2D eigenvalue weighted by molar-refractivity contribution is -0.118. The molecular weight excluding hydrogens is 585 g/mol. The highest BCUT2D eigenvalue weighted by Crippen LogP contribution is 2.29. The fourth-order valence-electron chi connectivity index (χ4n) is 6.12. The van der Waals surface area contributed by atoms with Crippen LogP contribution >= 0.6 is 0 Å². The first kappa shape index (κ1) is 32.5. The number of rotatable bonds is 9. The number of nitrogens with zero attached hydrogens (tertiary/aromatic N) is 3. The molecule has 1 aliphatic rings. The van der Waals surface area contributed by atoms with Gasteiger partial charge in [-0.15, -0.1) is 0 Å². The summed E-state index contributed by atoms with van der Waals surface area (Å²) in [5, 5.41) is 9.61. The van der Waals surface area contributed by atoms with Crippen LogP contribution in [0.3, 0.4) is 0 Å². The monoisotopic (exact) mass is 627 g/mol. The molecule has 0 radical (unpaired) electrons. The van der Waals surface area contributed by atoms with E-state index in [1.165, 1.54) is 12.1 Å². The van der Waals surface area contributed by atoms with Crippen molar-refractivity contribution < 1.29 is 18.8 Å². The van der Waals surface area contributed by atoms with E-state index in [4.69, 9.17) is 0 Å². The minimum Gasteiger partial charge on any atom is -0.368 e. The standard InChI is InChI=1S/C35H42FN7O3/c1-22-18-25(36)11-13-31(22)42-14-16-43(17-15-42)35(46)40-32(23(2)28-20-38-29-9-7-6-8-26(28)29)34(45)39-30-19-24(21-41(4)5)10-12-27(30)33(44)37-3/h6-13,18-20,23,32,38H,14-17,21H2,1-5H3,(H,37,44)(H,39,45)(H,40,46)/t23-,32+/m0/s1. The summed E-state index contributed by atoms with van der Waals surface area (Å²) in [5.74, 6) is -1.46. The summed E-state index contributed by atoms with van der Waals surface area (Å²) in [7, 11) is 5.43. The Balaban J connectivity index is 1.40. The van der Waals surface area contributed by atoms with E-state index < -0.39 is 17.9 Å². The number of halogens is 1.